The zero-order valence-electron chi connectivity index (χ0n) is 12.5. The van der Waals surface area contributed by atoms with Crippen LogP contribution in [0.3, 0.4) is 0 Å². The van der Waals surface area contributed by atoms with E-state index in [1.54, 1.807) is 28.9 Å². The van der Waals surface area contributed by atoms with E-state index >= 15 is 0 Å². The number of aromatic nitrogens is 5. The summed E-state index contributed by atoms with van der Waals surface area (Å²) >= 11 is 0. The number of H-pyrrole nitrogens is 1. The van der Waals surface area contributed by atoms with E-state index in [-0.39, 0.29) is 17.7 Å². The number of nitrogens with zero attached hydrogens (tertiary/aromatic N) is 4. The molecule has 0 fully saturated rings. The Hall–Kier alpha value is -3.03. The van der Waals surface area contributed by atoms with Gasteiger partial charge in [-0.1, -0.05) is 25.1 Å². The van der Waals surface area contributed by atoms with Gasteiger partial charge in [-0.3, -0.25) is 4.79 Å². The third-order valence-corrected chi connectivity index (χ3v) is 3.34. The van der Waals surface area contributed by atoms with Crippen LogP contribution >= 0.6 is 0 Å². The number of tetrazole rings is 1. The molecule has 2 heterocycles. The normalized spacial score (nSPS) is 10.8. The molecule has 1 N–H and O–H groups in total. The van der Waals surface area contributed by atoms with Crippen molar-refractivity contribution in [2.75, 3.05) is 0 Å². The van der Waals surface area contributed by atoms with Gasteiger partial charge in [0.1, 0.15) is 0 Å². The molecular weight excluding hydrogens is 298 g/mol. The molecule has 0 aliphatic carbocycles. The Morgan fingerprint density at radius 2 is 2.17 bits per heavy atom. The summed E-state index contributed by atoms with van der Waals surface area (Å²) in [6, 6.07) is 8.30. The summed E-state index contributed by atoms with van der Waals surface area (Å²) < 4.78 is 6.85. The first-order chi connectivity index (χ1) is 11.2. The number of para-hydroxylation sites is 1. The molecule has 118 valence electrons. The van der Waals surface area contributed by atoms with Gasteiger partial charge in [0.25, 0.3) is 0 Å². The molecule has 3 aromatic rings. The molecule has 0 bridgehead atoms. The van der Waals surface area contributed by atoms with Gasteiger partial charge in [-0.2, -0.15) is 0 Å². The number of ether oxygens (including phenoxy) is 1. The molecule has 0 spiro atoms. The molecule has 8 heteroatoms. The van der Waals surface area contributed by atoms with E-state index in [1.165, 1.54) is 6.07 Å². The third kappa shape index (κ3) is 3.10. The summed E-state index contributed by atoms with van der Waals surface area (Å²) in [7, 11) is 0. The first kappa shape index (κ1) is 14.9. The number of pyridine rings is 1. The molecular formula is C15H15N5O3. The van der Waals surface area contributed by atoms with Gasteiger partial charge in [0.2, 0.25) is 5.56 Å². The lowest BCUT2D eigenvalue weighted by Crippen LogP contribution is -2.14. The molecule has 0 amide bonds. The fourth-order valence-electron chi connectivity index (χ4n) is 2.29. The average Bonchev–Trinajstić information content (AvgIpc) is 2.99. The Morgan fingerprint density at radius 1 is 1.35 bits per heavy atom. The first-order valence-electron chi connectivity index (χ1n) is 7.23. The molecule has 0 aliphatic rings. The molecule has 23 heavy (non-hydrogen) atoms. The van der Waals surface area contributed by atoms with Gasteiger partial charge in [-0.15, -0.1) is 5.10 Å². The highest BCUT2D eigenvalue weighted by molar-refractivity contribution is 6.03. The van der Waals surface area contributed by atoms with Crippen LogP contribution in [-0.4, -0.2) is 31.2 Å². The van der Waals surface area contributed by atoms with Crippen molar-refractivity contribution in [3.05, 3.63) is 52.1 Å². The third-order valence-electron chi connectivity index (χ3n) is 3.34. The van der Waals surface area contributed by atoms with E-state index in [0.717, 1.165) is 6.42 Å². The molecule has 0 saturated carbocycles. The number of aryl methyl sites for hydroxylation is 1. The first-order valence-corrected chi connectivity index (χ1v) is 7.23. The molecule has 8 nitrogen and oxygen atoms in total. The molecule has 0 aliphatic heterocycles. The smallest absolute Gasteiger partial charge is 0.339 e. The van der Waals surface area contributed by atoms with Crippen molar-refractivity contribution in [3.63, 3.8) is 0 Å². The van der Waals surface area contributed by atoms with Crippen LogP contribution in [0.1, 0.15) is 29.5 Å². The van der Waals surface area contributed by atoms with Gasteiger partial charge in [-0.05, 0) is 22.9 Å². The summed E-state index contributed by atoms with van der Waals surface area (Å²) in [5.41, 5.74) is 0.452. The van der Waals surface area contributed by atoms with Gasteiger partial charge >= 0.3 is 5.97 Å². The van der Waals surface area contributed by atoms with Crippen molar-refractivity contribution in [2.24, 2.45) is 0 Å². The Kier molecular flexibility index (Phi) is 4.13. The van der Waals surface area contributed by atoms with Crippen molar-refractivity contribution in [3.8, 4) is 0 Å². The zero-order chi connectivity index (χ0) is 16.2. The molecule has 0 atom stereocenters. The molecule has 1 aromatic carbocycles. The summed E-state index contributed by atoms with van der Waals surface area (Å²) in [4.78, 5) is 26.7. The summed E-state index contributed by atoms with van der Waals surface area (Å²) in [6.07, 6.45) is 0.866. The number of carbonyl (C=O) groups excluding carboxylic acids is 1. The van der Waals surface area contributed by atoms with Crippen LogP contribution in [0.4, 0.5) is 0 Å². The number of hydrogen-bond acceptors (Lipinski definition) is 6. The standard InChI is InChI=1S/C15H15N5O3/c1-2-7-20-13(17-18-19-20)9-23-15(22)11-8-14(21)16-12-6-4-3-5-10(11)12/h3-6,8H,2,7,9H2,1H3,(H,16,21). The number of nitrogens with one attached hydrogen (secondary N) is 1. The van der Waals surface area contributed by atoms with E-state index < -0.39 is 5.97 Å². The van der Waals surface area contributed by atoms with Crippen LogP contribution in [0.25, 0.3) is 10.9 Å². The lowest BCUT2D eigenvalue weighted by atomic mass is 10.1. The fraction of sp³-hybridized carbons (Fsp3) is 0.267. The zero-order valence-corrected chi connectivity index (χ0v) is 12.5. The quantitative estimate of drug-likeness (QED) is 0.712. The number of carbonyl (C=O) groups is 1. The topological polar surface area (TPSA) is 103 Å². The highest BCUT2D eigenvalue weighted by Crippen LogP contribution is 2.16. The maximum Gasteiger partial charge on any atom is 0.339 e. The van der Waals surface area contributed by atoms with Crippen LogP contribution < -0.4 is 5.56 Å². The van der Waals surface area contributed by atoms with Crippen molar-refractivity contribution >= 4 is 16.9 Å². The number of fused-ring (bicyclic) bond motifs is 1. The van der Waals surface area contributed by atoms with Crippen LogP contribution in [0.5, 0.6) is 0 Å². The van der Waals surface area contributed by atoms with Crippen LogP contribution in [-0.2, 0) is 17.9 Å². The molecule has 0 saturated heterocycles. The van der Waals surface area contributed by atoms with Gasteiger partial charge in [0, 0.05) is 23.5 Å². The predicted molar refractivity (Wildman–Crippen MR) is 81.8 cm³/mol. The maximum absolute atomic E-state index is 12.3. The van der Waals surface area contributed by atoms with Crippen molar-refractivity contribution in [1.82, 2.24) is 25.2 Å². The number of hydrogen-bond donors (Lipinski definition) is 1. The van der Waals surface area contributed by atoms with Crippen LogP contribution in [0.2, 0.25) is 0 Å². The Bertz CT molecular complexity index is 899. The summed E-state index contributed by atoms with van der Waals surface area (Å²) in [5, 5.41) is 11.9. The second-order valence-electron chi connectivity index (χ2n) is 4.99. The Balaban J connectivity index is 1.84. The van der Waals surface area contributed by atoms with Gasteiger partial charge < -0.3 is 9.72 Å². The average molecular weight is 313 g/mol. The fourth-order valence-corrected chi connectivity index (χ4v) is 2.29. The van der Waals surface area contributed by atoms with Crippen molar-refractivity contribution < 1.29 is 9.53 Å². The van der Waals surface area contributed by atoms with E-state index in [9.17, 15) is 9.59 Å². The SMILES string of the molecule is CCCn1nnnc1COC(=O)c1cc(=O)[nH]c2ccccc12. The van der Waals surface area contributed by atoms with Gasteiger partial charge in [-0.25, -0.2) is 9.48 Å². The van der Waals surface area contributed by atoms with Gasteiger partial charge in [0.05, 0.1) is 5.56 Å². The predicted octanol–water partition coefficient (Wildman–Crippen LogP) is 1.28. The van der Waals surface area contributed by atoms with E-state index in [1.807, 2.05) is 6.92 Å². The lowest BCUT2D eigenvalue weighted by molar-refractivity contribution is 0.0458. The number of aromatic amines is 1. The second kappa shape index (κ2) is 6.39. The molecule has 0 radical (unpaired) electrons. The minimum atomic E-state index is -0.585. The van der Waals surface area contributed by atoms with E-state index in [0.29, 0.717) is 23.3 Å². The van der Waals surface area contributed by atoms with Crippen molar-refractivity contribution in [2.45, 2.75) is 26.5 Å². The minimum Gasteiger partial charge on any atom is -0.454 e. The second-order valence-corrected chi connectivity index (χ2v) is 4.99. The van der Waals surface area contributed by atoms with Crippen molar-refractivity contribution in [1.29, 1.82) is 0 Å². The molecule has 3 rings (SSSR count). The highest BCUT2D eigenvalue weighted by Gasteiger charge is 2.15. The lowest BCUT2D eigenvalue weighted by Gasteiger charge is -2.07. The number of benzene rings is 1. The van der Waals surface area contributed by atoms with Gasteiger partial charge in [0.15, 0.2) is 12.4 Å². The molecule has 2 aromatic heterocycles. The Morgan fingerprint density at radius 3 is 3.00 bits per heavy atom. The summed E-state index contributed by atoms with van der Waals surface area (Å²) in [6.45, 7) is 2.60. The van der Waals surface area contributed by atoms with Crippen LogP contribution in [0.15, 0.2) is 35.1 Å². The molecule has 0 unspecified atom stereocenters. The maximum atomic E-state index is 12.3. The number of rotatable bonds is 5. The monoisotopic (exact) mass is 313 g/mol. The largest absolute Gasteiger partial charge is 0.454 e. The Labute approximate surface area is 131 Å². The highest BCUT2D eigenvalue weighted by atomic mass is 16.5. The minimum absolute atomic E-state index is 0.0487. The van der Waals surface area contributed by atoms with E-state index in [2.05, 4.69) is 20.5 Å². The number of esters is 1. The summed E-state index contributed by atoms with van der Waals surface area (Å²) in [5.74, 6) is -0.118. The van der Waals surface area contributed by atoms with Crippen LogP contribution in [0, 0.1) is 0 Å². The van der Waals surface area contributed by atoms with E-state index in [4.69, 9.17) is 4.74 Å².